The van der Waals surface area contributed by atoms with Crippen molar-refractivity contribution in [3.63, 3.8) is 0 Å². The topological polar surface area (TPSA) is 68.7 Å². The maximum Gasteiger partial charge on any atom is 0.191 e. The van der Waals surface area contributed by atoms with Crippen molar-refractivity contribution in [3.05, 3.63) is 59.8 Å². The zero-order valence-corrected chi connectivity index (χ0v) is 19.5. The summed E-state index contributed by atoms with van der Waals surface area (Å²) in [6.45, 7) is 4.72. The van der Waals surface area contributed by atoms with E-state index in [1.165, 1.54) is 10.9 Å². The number of para-hydroxylation sites is 1. The van der Waals surface area contributed by atoms with Gasteiger partial charge in [-0.25, -0.2) is 9.97 Å². The highest BCUT2D eigenvalue weighted by Crippen LogP contribution is 2.22. The maximum absolute atomic E-state index is 4.76. The molecule has 0 bridgehead atoms. The Morgan fingerprint density at radius 3 is 2.59 bits per heavy atom. The van der Waals surface area contributed by atoms with Crippen LogP contribution in [0.2, 0.25) is 0 Å². The summed E-state index contributed by atoms with van der Waals surface area (Å²) in [7, 11) is 5.87. The quantitative estimate of drug-likeness (QED) is 0.477. The van der Waals surface area contributed by atoms with Crippen LogP contribution in [0.4, 0.5) is 11.6 Å². The lowest BCUT2D eigenvalue weighted by Gasteiger charge is -2.34. The van der Waals surface area contributed by atoms with Gasteiger partial charge in [0.1, 0.15) is 11.6 Å². The standard InChI is InChI=1S/C25H33N7/c1-18-8-7-11-23(28-18)32-14-12-20(13-15-32)29-25(26-2)27-17-19-16-24(31(3)4)30-22-10-6-5-9-21(19)22/h5-11,16,20H,12-15,17H2,1-4H3,(H2,26,27,29). The van der Waals surface area contributed by atoms with Gasteiger partial charge in [-0.3, -0.25) is 4.99 Å². The lowest BCUT2D eigenvalue weighted by Crippen LogP contribution is -2.48. The predicted octanol–water partition coefficient (Wildman–Crippen LogP) is 3.34. The van der Waals surface area contributed by atoms with E-state index in [0.29, 0.717) is 12.6 Å². The summed E-state index contributed by atoms with van der Waals surface area (Å²) in [5.74, 6) is 2.87. The molecule has 0 unspecified atom stereocenters. The molecule has 4 rings (SSSR count). The SMILES string of the molecule is CN=C(NCc1cc(N(C)C)nc2ccccc12)NC1CCN(c2cccc(C)n2)CC1. The summed E-state index contributed by atoms with van der Waals surface area (Å²) in [6, 6.07) is 17.1. The van der Waals surface area contributed by atoms with Crippen LogP contribution in [0.5, 0.6) is 0 Å². The Morgan fingerprint density at radius 1 is 1.09 bits per heavy atom. The lowest BCUT2D eigenvalue weighted by atomic mass is 10.1. The first-order chi connectivity index (χ1) is 15.5. The number of guanidine groups is 1. The Hall–Kier alpha value is -3.35. The maximum atomic E-state index is 4.76. The average Bonchev–Trinajstić information content (AvgIpc) is 2.81. The molecular weight excluding hydrogens is 398 g/mol. The molecule has 1 saturated heterocycles. The molecule has 1 aliphatic rings. The molecule has 0 aliphatic carbocycles. The van der Waals surface area contributed by atoms with Gasteiger partial charge in [-0.05, 0) is 49.6 Å². The molecule has 1 aromatic carbocycles. The van der Waals surface area contributed by atoms with E-state index in [1.807, 2.05) is 45.1 Å². The number of hydrogen-bond acceptors (Lipinski definition) is 5. The normalized spacial score (nSPS) is 15.1. The molecule has 0 spiro atoms. The van der Waals surface area contributed by atoms with E-state index < -0.39 is 0 Å². The number of anilines is 2. The number of pyridine rings is 2. The first-order valence-corrected chi connectivity index (χ1v) is 11.3. The number of nitrogens with zero attached hydrogens (tertiary/aromatic N) is 5. The Bertz CT molecular complexity index is 1080. The Kier molecular flexibility index (Phi) is 6.73. The van der Waals surface area contributed by atoms with Crippen molar-refractivity contribution in [1.29, 1.82) is 0 Å². The molecule has 1 aliphatic heterocycles. The molecule has 2 aromatic heterocycles. The van der Waals surface area contributed by atoms with Crippen LogP contribution >= 0.6 is 0 Å². The second kappa shape index (κ2) is 9.85. The smallest absolute Gasteiger partial charge is 0.191 e. The minimum absolute atomic E-state index is 0.397. The molecule has 3 heterocycles. The van der Waals surface area contributed by atoms with Crippen LogP contribution in [-0.2, 0) is 6.54 Å². The van der Waals surface area contributed by atoms with Crippen LogP contribution in [0, 0.1) is 6.92 Å². The average molecular weight is 432 g/mol. The third-order valence-corrected chi connectivity index (χ3v) is 5.95. The number of piperidine rings is 1. The molecule has 168 valence electrons. The van der Waals surface area contributed by atoms with Crippen LogP contribution in [0.25, 0.3) is 10.9 Å². The van der Waals surface area contributed by atoms with Crippen LogP contribution in [0.3, 0.4) is 0 Å². The van der Waals surface area contributed by atoms with Crippen LogP contribution in [0.15, 0.2) is 53.5 Å². The molecule has 1 fully saturated rings. The number of fused-ring (bicyclic) bond motifs is 1. The summed E-state index contributed by atoms with van der Waals surface area (Å²) in [4.78, 5) is 18.3. The largest absolute Gasteiger partial charge is 0.363 e. The van der Waals surface area contributed by atoms with Gasteiger partial charge in [0.25, 0.3) is 0 Å². The Balaban J connectivity index is 1.37. The van der Waals surface area contributed by atoms with E-state index in [1.54, 1.807) is 0 Å². The molecule has 7 heteroatoms. The number of aliphatic imine (C=N–C) groups is 1. The minimum Gasteiger partial charge on any atom is -0.363 e. The number of benzene rings is 1. The lowest BCUT2D eigenvalue weighted by molar-refractivity contribution is 0.459. The third-order valence-electron chi connectivity index (χ3n) is 5.95. The van der Waals surface area contributed by atoms with Gasteiger partial charge in [-0.1, -0.05) is 24.3 Å². The van der Waals surface area contributed by atoms with Crippen molar-refractivity contribution in [3.8, 4) is 0 Å². The molecule has 3 aromatic rings. The van der Waals surface area contributed by atoms with Gasteiger partial charge >= 0.3 is 0 Å². The number of nitrogens with one attached hydrogen (secondary N) is 2. The predicted molar refractivity (Wildman–Crippen MR) is 134 cm³/mol. The van der Waals surface area contributed by atoms with Crippen LogP contribution < -0.4 is 20.4 Å². The zero-order chi connectivity index (χ0) is 22.5. The molecule has 0 amide bonds. The van der Waals surface area contributed by atoms with Gasteiger partial charge < -0.3 is 20.4 Å². The van der Waals surface area contributed by atoms with Crippen molar-refractivity contribution < 1.29 is 0 Å². The zero-order valence-electron chi connectivity index (χ0n) is 19.5. The fraction of sp³-hybridized carbons (Fsp3) is 0.400. The third kappa shape index (κ3) is 5.10. The number of hydrogen-bond donors (Lipinski definition) is 2. The monoisotopic (exact) mass is 431 g/mol. The Morgan fingerprint density at radius 2 is 1.88 bits per heavy atom. The summed E-state index contributed by atoms with van der Waals surface area (Å²) < 4.78 is 0. The fourth-order valence-corrected chi connectivity index (χ4v) is 4.13. The van der Waals surface area contributed by atoms with Gasteiger partial charge in [0.15, 0.2) is 5.96 Å². The van der Waals surface area contributed by atoms with Crippen molar-refractivity contribution in [2.75, 3.05) is 44.0 Å². The fourth-order valence-electron chi connectivity index (χ4n) is 4.13. The van der Waals surface area contributed by atoms with Gasteiger partial charge in [-0.15, -0.1) is 0 Å². The van der Waals surface area contributed by atoms with Crippen molar-refractivity contribution in [1.82, 2.24) is 20.6 Å². The summed E-state index contributed by atoms with van der Waals surface area (Å²) in [6.07, 6.45) is 2.11. The number of aryl methyl sites for hydroxylation is 1. The first kappa shape index (κ1) is 21.9. The van der Waals surface area contributed by atoms with E-state index in [0.717, 1.165) is 54.7 Å². The molecule has 0 radical (unpaired) electrons. The second-order valence-corrected chi connectivity index (χ2v) is 8.52. The van der Waals surface area contributed by atoms with E-state index in [9.17, 15) is 0 Å². The van der Waals surface area contributed by atoms with Gasteiger partial charge in [-0.2, -0.15) is 0 Å². The van der Waals surface area contributed by atoms with Gasteiger partial charge in [0, 0.05) is 57.9 Å². The molecule has 2 N–H and O–H groups in total. The molecular formula is C25H33N7. The van der Waals surface area contributed by atoms with Crippen LogP contribution in [0.1, 0.15) is 24.1 Å². The van der Waals surface area contributed by atoms with Crippen molar-refractivity contribution in [2.45, 2.75) is 32.4 Å². The van der Waals surface area contributed by atoms with Gasteiger partial charge in [0.05, 0.1) is 5.52 Å². The van der Waals surface area contributed by atoms with Gasteiger partial charge in [0.2, 0.25) is 0 Å². The highest BCUT2D eigenvalue weighted by atomic mass is 15.2. The summed E-state index contributed by atoms with van der Waals surface area (Å²) in [5, 5.41) is 8.29. The molecule has 0 atom stereocenters. The van der Waals surface area contributed by atoms with E-state index in [4.69, 9.17) is 4.98 Å². The van der Waals surface area contributed by atoms with E-state index in [2.05, 4.69) is 61.9 Å². The second-order valence-electron chi connectivity index (χ2n) is 8.52. The highest BCUT2D eigenvalue weighted by molar-refractivity contribution is 5.85. The van der Waals surface area contributed by atoms with Crippen molar-refractivity contribution in [2.24, 2.45) is 4.99 Å². The van der Waals surface area contributed by atoms with E-state index in [-0.39, 0.29) is 0 Å². The molecule has 0 saturated carbocycles. The van der Waals surface area contributed by atoms with Crippen molar-refractivity contribution >= 4 is 28.5 Å². The number of rotatable bonds is 5. The summed E-state index contributed by atoms with van der Waals surface area (Å²) in [5.41, 5.74) is 3.28. The summed E-state index contributed by atoms with van der Waals surface area (Å²) >= 11 is 0. The highest BCUT2D eigenvalue weighted by Gasteiger charge is 2.21. The molecule has 32 heavy (non-hydrogen) atoms. The first-order valence-electron chi connectivity index (χ1n) is 11.3. The minimum atomic E-state index is 0.397. The Labute approximate surface area is 190 Å². The van der Waals surface area contributed by atoms with E-state index >= 15 is 0 Å². The van der Waals surface area contributed by atoms with Crippen LogP contribution in [-0.4, -0.2) is 56.2 Å². The number of aromatic nitrogens is 2. The molecule has 7 nitrogen and oxygen atoms in total.